The molecular weight excluding hydrogens is 220 g/mol. The van der Waals surface area contributed by atoms with Crippen LogP contribution < -0.4 is 0 Å². The van der Waals surface area contributed by atoms with Crippen LogP contribution in [0.5, 0.6) is 0 Å². The van der Waals surface area contributed by atoms with Gasteiger partial charge in [0, 0.05) is 23.1 Å². The van der Waals surface area contributed by atoms with Gasteiger partial charge >= 0.3 is 0 Å². The van der Waals surface area contributed by atoms with Crippen LogP contribution in [0.25, 0.3) is 10.9 Å². The van der Waals surface area contributed by atoms with Crippen molar-refractivity contribution in [1.29, 1.82) is 0 Å². The van der Waals surface area contributed by atoms with Crippen LogP contribution in [0.15, 0.2) is 24.3 Å². The summed E-state index contributed by atoms with van der Waals surface area (Å²) < 4.78 is 0. The molecule has 0 amide bonds. The van der Waals surface area contributed by atoms with Gasteiger partial charge in [0.1, 0.15) is 0 Å². The molecule has 0 saturated heterocycles. The number of H-pyrrole nitrogens is 1. The quantitative estimate of drug-likeness (QED) is 0.638. The van der Waals surface area contributed by atoms with Gasteiger partial charge in [-0.1, -0.05) is 18.2 Å². The first-order valence-electron chi connectivity index (χ1n) is 5.53. The van der Waals surface area contributed by atoms with Gasteiger partial charge in [0.2, 0.25) is 0 Å². The van der Waals surface area contributed by atoms with E-state index in [0.29, 0.717) is 6.00 Å². The average molecular weight is 237 g/mol. The van der Waals surface area contributed by atoms with Crippen LogP contribution in [-0.2, 0) is 6.42 Å². The zero-order valence-corrected chi connectivity index (χ0v) is 10.5. The number of nitrogens with zero attached hydrogens (tertiary/aromatic N) is 1. The maximum atomic E-state index is 5.77. The number of alkyl halides is 1. The van der Waals surface area contributed by atoms with Crippen LogP contribution in [0.1, 0.15) is 11.3 Å². The van der Waals surface area contributed by atoms with E-state index in [1.54, 1.807) is 0 Å². The molecule has 0 aliphatic rings. The van der Waals surface area contributed by atoms with Gasteiger partial charge in [-0.15, -0.1) is 11.6 Å². The maximum absolute atomic E-state index is 5.77. The monoisotopic (exact) mass is 236 g/mol. The van der Waals surface area contributed by atoms with Crippen molar-refractivity contribution in [1.82, 2.24) is 9.88 Å². The molecule has 0 spiro atoms. The molecule has 2 rings (SSSR count). The fourth-order valence-electron chi connectivity index (χ4n) is 2.02. The molecule has 0 atom stereocenters. The molecule has 86 valence electrons. The number of aryl methyl sites for hydroxylation is 1. The van der Waals surface area contributed by atoms with Gasteiger partial charge in [0.25, 0.3) is 0 Å². The summed E-state index contributed by atoms with van der Waals surface area (Å²) in [5.41, 5.74) is 3.90. The first kappa shape index (κ1) is 11.5. The van der Waals surface area contributed by atoms with Crippen molar-refractivity contribution in [3.05, 3.63) is 35.5 Å². The molecule has 0 saturated carbocycles. The summed E-state index contributed by atoms with van der Waals surface area (Å²) >= 11 is 5.77. The molecule has 0 bridgehead atoms. The Balaban J connectivity index is 2.26. The smallest absolute Gasteiger partial charge is 0.0736 e. The van der Waals surface area contributed by atoms with Crippen molar-refractivity contribution in [2.24, 2.45) is 0 Å². The minimum absolute atomic E-state index is 0.585. The molecule has 3 heteroatoms. The molecule has 0 fully saturated rings. The summed E-state index contributed by atoms with van der Waals surface area (Å²) in [7, 11) is 2.04. The molecular formula is C13H17ClN2. The molecule has 0 aliphatic heterocycles. The molecule has 2 aromatic rings. The van der Waals surface area contributed by atoms with Gasteiger partial charge in [-0.3, -0.25) is 4.90 Å². The summed E-state index contributed by atoms with van der Waals surface area (Å²) in [6.07, 6.45) is 1.04. The number of para-hydroxylation sites is 1. The highest BCUT2D eigenvalue weighted by Gasteiger charge is 2.08. The summed E-state index contributed by atoms with van der Waals surface area (Å²) in [5, 5.41) is 1.34. The standard InChI is InChI=1S/C13H17ClN2/c1-10-11(7-8-16(2)9-14)12-5-3-4-6-13(12)15-10/h3-6,15H,7-9H2,1-2H3. The number of hydrogen-bond donors (Lipinski definition) is 1. The Labute approximate surface area is 101 Å². The summed E-state index contributed by atoms with van der Waals surface area (Å²) in [6, 6.07) is 9.03. The molecule has 1 heterocycles. The number of nitrogens with one attached hydrogen (secondary N) is 1. The van der Waals surface area contributed by atoms with Crippen LogP contribution >= 0.6 is 11.6 Å². The number of benzene rings is 1. The minimum Gasteiger partial charge on any atom is -0.358 e. The lowest BCUT2D eigenvalue weighted by atomic mass is 10.1. The van der Waals surface area contributed by atoms with Crippen molar-refractivity contribution in [2.75, 3.05) is 19.6 Å². The highest BCUT2D eigenvalue weighted by Crippen LogP contribution is 2.22. The fourth-order valence-corrected chi connectivity index (χ4v) is 2.14. The molecule has 1 aromatic heterocycles. The molecule has 1 N–H and O–H groups in total. The van der Waals surface area contributed by atoms with E-state index in [2.05, 4.69) is 41.1 Å². The van der Waals surface area contributed by atoms with Gasteiger partial charge in [-0.25, -0.2) is 0 Å². The SMILES string of the molecule is Cc1[nH]c2ccccc2c1CCN(C)CCl. The summed E-state index contributed by atoms with van der Waals surface area (Å²) in [4.78, 5) is 5.53. The zero-order valence-electron chi connectivity index (χ0n) is 9.76. The van der Waals surface area contributed by atoms with E-state index in [4.69, 9.17) is 11.6 Å². The van der Waals surface area contributed by atoms with E-state index in [0.717, 1.165) is 13.0 Å². The minimum atomic E-state index is 0.585. The van der Waals surface area contributed by atoms with Crippen molar-refractivity contribution >= 4 is 22.5 Å². The number of rotatable bonds is 4. The lowest BCUT2D eigenvalue weighted by molar-refractivity contribution is 0.394. The van der Waals surface area contributed by atoms with Gasteiger partial charge in [0.15, 0.2) is 0 Å². The van der Waals surface area contributed by atoms with Crippen LogP contribution in [0.3, 0.4) is 0 Å². The van der Waals surface area contributed by atoms with Crippen molar-refractivity contribution in [3.63, 3.8) is 0 Å². The van der Waals surface area contributed by atoms with Gasteiger partial charge in [-0.05, 0) is 32.0 Å². The number of hydrogen-bond acceptors (Lipinski definition) is 1. The Morgan fingerprint density at radius 1 is 1.31 bits per heavy atom. The first-order valence-corrected chi connectivity index (χ1v) is 6.06. The Kier molecular flexibility index (Phi) is 3.52. The largest absolute Gasteiger partial charge is 0.358 e. The van der Waals surface area contributed by atoms with E-state index in [1.165, 1.54) is 22.2 Å². The van der Waals surface area contributed by atoms with Crippen LogP contribution in [0.4, 0.5) is 0 Å². The molecule has 2 nitrogen and oxygen atoms in total. The average Bonchev–Trinajstić information content (AvgIpc) is 2.62. The number of aromatic nitrogens is 1. The lowest BCUT2D eigenvalue weighted by Crippen LogP contribution is -2.19. The Bertz CT molecular complexity index is 476. The van der Waals surface area contributed by atoms with Gasteiger partial charge in [-0.2, -0.15) is 0 Å². The predicted molar refractivity (Wildman–Crippen MR) is 70.1 cm³/mol. The molecule has 0 aliphatic carbocycles. The Morgan fingerprint density at radius 2 is 2.06 bits per heavy atom. The fraction of sp³-hybridized carbons (Fsp3) is 0.385. The first-order chi connectivity index (χ1) is 7.72. The van der Waals surface area contributed by atoms with E-state index >= 15 is 0 Å². The third-order valence-electron chi connectivity index (χ3n) is 2.97. The second kappa shape index (κ2) is 4.89. The third kappa shape index (κ3) is 2.23. The van der Waals surface area contributed by atoms with Crippen molar-refractivity contribution in [2.45, 2.75) is 13.3 Å². The van der Waals surface area contributed by atoms with Crippen molar-refractivity contribution in [3.8, 4) is 0 Å². The number of fused-ring (bicyclic) bond motifs is 1. The molecule has 0 unspecified atom stereocenters. The van der Waals surface area contributed by atoms with E-state index in [1.807, 2.05) is 7.05 Å². The summed E-state index contributed by atoms with van der Waals surface area (Å²) in [6.45, 7) is 3.13. The van der Waals surface area contributed by atoms with Crippen LogP contribution in [0.2, 0.25) is 0 Å². The topological polar surface area (TPSA) is 19.0 Å². The summed E-state index contributed by atoms with van der Waals surface area (Å²) in [5.74, 6) is 0. The highest BCUT2D eigenvalue weighted by atomic mass is 35.5. The normalized spacial score (nSPS) is 11.5. The van der Waals surface area contributed by atoms with Gasteiger partial charge < -0.3 is 4.98 Å². The number of likely N-dealkylation sites (N-methyl/N-ethyl adjacent to an activating group) is 1. The lowest BCUT2D eigenvalue weighted by Gasteiger charge is -2.12. The van der Waals surface area contributed by atoms with E-state index < -0.39 is 0 Å². The number of halogens is 1. The van der Waals surface area contributed by atoms with Crippen LogP contribution in [0, 0.1) is 6.92 Å². The second-order valence-corrected chi connectivity index (χ2v) is 4.46. The predicted octanol–water partition coefficient (Wildman–Crippen LogP) is 3.15. The van der Waals surface area contributed by atoms with Gasteiger partial charge in [0.05, 0.1) is 6.00 Å². The Morgan fingerprint density at radius 3 is 2.81 bits per heavy atom. The van der Waals surface area contributed by atoms with E-state index in [9.17, 15) is 0 Å². The molecule has 0 radical (unpaired) electrons. The molecule has 1 aromatic carbocycles. The van der Waals surface area contributed by atoms with Crippen molar-refractivity contribution < 1.29 is 0 Å². The Hall–Kier alpha value is -0.990. The molecule has 16 heavy (non-hydrogen) atoms. The zero-order chi connectivity index (χ0) is 11.5. The maximum Gasteiger partial charge on any atom is 0.0736 e. The second-order valence-electron chi connectivity index (χ2n) is 4.22. The van der Waals surface area contributed by atoms with Crippen LogP contribution in [-0.4, -0.2) is 29.5 Å². The van der Waals surface area contributed by atoms with E-state index in [-0.39, 0.29) is 0 Å². The number of aromatic amines is 1. The third-order valence-corrected chi connectivity index (χ3v) is 3.38. The highest BCUT2D eigenvalue weighted by molar-refractivity contribution is 6.17.